The summed E-state index contributed by atoms with van der Waals surface area (Å²) in [4.78, 5) is 2.16. The van der Waals surface area contributed by atoms with Crippen LogP contribution < -0.4 is 4.74 Å². The molecular weight excluding hydrogens is 284 g/mol. The molecule has 0 fully saturated rings. The van der Waals surface area contributed by atoms with Gasteiger partial charge in [-0.05, 0) is 36.9 Å². The van der Waals surface area contributed by atoms with Gasteiger partial charge in [0.15, 0.2) is 0 Å². The number of benzene rings is 2. The maximum atomic E-state index is 8.99. The van der Waals surface area contributed by atoms with E-state index < -0.39 is 0 Å². The van der Waals surface area contributed by atoms with E-state index >= 15 is 0 Å². The van der Waals surface area contributed by atoms with Gasteiger partial charge in [-0.2, -0.15) is 5.26 Å². The van der Waals surface area contributed by atoms with Gasteiger partial charge < -0.3 is 4.74 Å². The van der Waals surface area contributed by atoms with Gasteiger partial charge in [0.1, 0.15) is 18.4 Å². The van der Waals surface area contributed by atoms with E-state index in [4.69, 9.17) is 21.6 Å². The lowest BCUT2D eigenvalue weighted by atomic mass is 10.2. The van der Waals surface area contributed by atoms with E-state index in [0.717, 1.165) is 18.1 Å². The van der Waals surface area contributed by atoms with E-state index in [1.54, 1.807) is 6.07 Å². The van der Waals surface area contributed by atoms with Crippen LogP contribution in [0.3, 0.4) is 0 Å². The quantitative estimate of drug-likeness (QED) is 0.815. The number of hydrogen-bond acceptors (Lipinski definition) is 3. The van der Waals surface area contributed by atoms with Crippen molar-refractivity contribution in [2.75, 3.05) is 20.2 Å². The molecule has 0 N–H and O–H groups in total. The van der Waals surface area contributed by atoms with Gasteiger partial charge in [0, 0.05) is 18.1 Å². The molecule has 2 rings (SSSR count). The summed E-state index contributed by atoms with van der Waals surface area (Å²) in [5.41, 5.74) is 1.78. The van der Waals surface area contributed by atoms with E-state index in [2.05, 4.69) is 11.0 Å². The first-order chi connectivity index (χ1) is 10.2. The highest BCUT2D eigenvalue weighted by Crippen LogP contribution is 2.16. The van der Waals surface area contributed by atoms with Crippen LogP contribution in [0, 0.1) is 11.3 Å². The van der Waals surface area contributed by atoms with Crippen molar-refractivity contribution in [3.05, 3.63) is 64.7 Å². The first kappa shape index (κ1) is 15.4. The average Bonchev–Trinajstić information content (AvgIpc) is 2.50. The monoisotopic (exact) mass is 300 g/mol. The van der Waals surface area contributed by atoms with Crippen molar-refractivity contribution >= 4 is 11.6 Å². The number of para-hydroxylation sites is 1. The van der Waals surface area contributed by atoms with Crippen LogP contribution in [0.5, 0.6) is 5.75 Å². The zero-order valence-corrected chi connectivity index (χ0v) is 12.7. The van der Waals surface area contributed by atoms with E-state index in [9.17, 15) is 0 Å². The molecule has 0 aromatic heterocycles. The Kier molecular flexibility index (Phi) is 5.62. The van der Waals surface area contributed by atoms with Gasteiger partial charge in [-0.1, -0.05) is 35.9 Å². The molecule has 4 heteroatoms. The number of ether oxygens (including phenoxy) is 1. The fourth-order valence-electron chi connectivity index (χ4n) is 1.98. The third-order valence-electron chi connectivity index (χ3n) is 3.10. The topological polar surface area (TPSA) is 36.3 Å². The Hall–Kier alpha value is -2.02. The van der Waals surface area contributed by atoms with Crippen LogP contribution in [0.4, 0.5) is 0 Å². The molecule has 108 valence electrons. The zero-order valence-electron chi connectivity index (χ0n) is 11.9. The van der Waals surface area contributed by atoms with Gasteiger partial charge in [-0.3, -0.25) is 4.90 Å². The molecule has 0 heterocycles. The minimum atomic E-state index is 0.544. The molecule has 2 aromatic carbocycles. The Bertz CT molecular complexity index is 619. The lowest BCUT2D eigenvalue weighted by Crippen LogP contribution is -2.24. The van der Waals surface area contributed by atoms with Crippen molar-refractivity contribution in [1.29, 1.82) is 5.26 Å². The molecule has 0 saturated carbocycles. The number of likely N-dealkylation sites (N-methyl/N-ethyl adjacent to an activating group) is 1. The van der Waals surface area contributed by atoms with Gasteiger partial charge in [0.2, 0.25) is 0 Å². The highest BCUT2D eigenvalue weighted by atomic mass is 35.5. The van der Waals surface area contributed by atoms with Crippen molar-refractivity contribution in [3.8, 4) is 11.8 Å². The number of rotatable bonds is 6. The first-order valence-electron chi connectivity index (χ1n) is 6.74. The lowest BCUT2D eigenvalue weighted by Gasteiger charge is -2.17. The van der Waals surface area contributed by atoms with Crippen LogP contribution in [0.1, 0.15) is 11.1 Å². The minimum absolute atomic E-state index is 0.544. The number of nitriles is 1. The molecule has 0 aliphatic heterocycles. The fourth-order valence-corrected chi connectivity index (χ4v) is 2.10. The second kappa shape index (κ2) is 7.68. The normalized spacial score (nSPS) is 10.4. The molecule has 0 amide bonds. The first-order valence-corrected chi connectivity index (χ1v) is 7.12. The summed E-state index contributed by atoms with van der Waals surface area (Å²) in [7, 11) is 2.04. The maximum Gasteiger partial charge on any atom is 0.137 e. The van der Waals surface area contributed by atoms with Crippen LogP contribution in [0.15, 0.2) is 48.5 Å². The Morgan fingerprint density at radius 3 is 2.57 bits per heavy atom. The fraction of sp³-hybridized carbons (Fsp3) is 0.235. The van der Waals surface area contributed by atoms with Crippen LogP contribution in [-0.4, -0.2) is 25.1 Å². The van der Waals surface area contributed by atoms with Gasteiger partial charge in [0.25, 0.3) is 0 Å². The van der Waals surface area contributed by atoms with Crippen molar-refractivity contribution in [3.63, 3.8) is 0 Å². The minimum Gasteiger partial charge on any atom is -0.491 e. The number of nitrogens with zero attached hydrogens (tertiary/aromatic N) is 2. The van der Waals surface area contributed by atoms with E-state index in [1.807, 2.05) is 49.5 Å². The van der Waals surface area contributed by atoms with Crippen molar-refractivity contribution in [2.45, 2.75) is 6.54 Å². The molecule has 21 heavy (non-hydrogen) atoms. The van der Waals surface area contributed by atoms with E-state index in [1.165, 1.54) is 5.56 Å². The second-order valence-electron chi connectivity index (χ2n) is 4.82. The summed E-state index contributed by atoms with van der Waals surface area (Å²) < 4.78 is 5.67. The molecule has 0 unspecified atom stereocenters. The Balaban J connectivity index is 1.80. The third-order valence-corrected chi connectivity index (χ3v) is 3.36. The van der Waals surface area contributed by atoms with Crippen LogP contribution in [-0.2, 0) is 6.54 Å². The third kappa shape index (κ3) is 4.78. The van der Waals surface area contributed by atoms with Crippen molar-refractivity contribution < 1.29 is 4.74 Å². The second-order valence-corrected chi connectivity index (χ2v) is 5.26. The highest BCUT2D eigenvalue weighted by Gasteiger charge is 2.04. The molecule has 0 aliphatic rings. The molecule has 0 atom stereocenters. The molecule has 3 nitrogen and oxygen atoms in total. The predicted octanol–water partition coefficient (Wildman–Crippen LogP) is 3.72. The predicted molar refractivity (Wildman–Crippen MR) is 84.4 cm³/mol. The largest absolute Gasteiger partial charge is 0.491 e. The van der Waals surface area contributed by atoms with Crippen LogP contribution >= 0.6 is 11.6 Å². The van der Waals surface area contributed by atoms with E-state index in [0.29, 0.717) is 17.9 Å². The Morgan fingerprint density at radius 2 is 1.86 bits per heavy atom. The molecule has 0 saturated heterocycles. The maximum absolute atomic E-state index is 8.99. The molecule has 0 radical (unpaired) electrons. The van der Waals surface area contributed by atoms with Gasteiger partial charge in [-0.25, -0.2) is 0 Å². The summed E-state index contributed by atoms with van der Waals surface area (Å²) in [6.45, 7) is 2.16. The van der Waals surface area contributed by atoms with Crippen molar-refractivity contribution in [2.24, 2.45) is 0 Å². The molecule has 0 bridgehead atoms. The summed E-state index contributed by atoms with van der Waals surface area (Å²) in [6.07, 6.45) is 0. The highest BCUT2D eigenvalue weighted by molar-refractivity contribution is 6.30. The number of hydrogen-bond donors (Lipinski definition) is 0. The molecule has 2 aromatic rings. The Morgan fingerprint density at radius 1 is 1.14 bits per heavy atom. The summed E-state index contributed by atoms with van der Waals surface area (Å²) >= 11 is 5.87. The van der Waals surface area contributed by atoms with Crippen LogP contribution in [0.25, 0.3) is 0 Å². The smallest absolute Gasteiger partial charge is 0.137 e. The zero-order chi connectivity index (χ0) is 15.1. The van der Waals surface area contributed by atoms with E-state index in [-0.39, 0.29) is 0 Å². The summed E-state index contributed by atoms with van der Waals surface area (Å²) in [6, 6.07) is 17.2. The summed E-state index contributed by atoms with van der Waals surface area (Å²) in [5, 5.41) is 9.74. The van der Waals surface area contributed by atoms with Gasteiger partial charge in [0.05, 0.1) is 5.56 Å². The molecular formula is C17H17ClN2O. The molecule has 0 spiro atoms. The standard InChI is InChI=1S/C17H17ClN2O/c1-20(13-14-6-8-16(18)9-7-14)10-11-21-17-5-3-2-4-15(17)12-19/h2-9H,10-11,13H2,1H3. The summed E-state index contributed by atoms with van der Waals surface area (Å²) in [5.74, 6) is 0.639. The van der Waals surface area contributed by atoms with Gasteiger partial charge >= 0.3 is 0 Å². The van der Waals surface area contributed by atoms with Crippen LogP contribution in [0.2, 0.25) is 5.02 Å². The van der Waals surface area contributed by atoms with Crippen molar-refractivity contribution in [1.82, 2.24) is 4.90 Å². The molecule has 0 aliphatic carbocycles. The average molecular weight is 301 g/mol. The Labute approximate surface area is 130 Å². The number of halogens is 1. The lowest BCUT2D eigenvalue weighted by molar-refractivity contribution is 0.232. The van der Waals surface area contributed by atoms with Gasteiger partial charge in [-0.15, -0.1) is 0 Å². The SMILES string of the molecule is CN(CCOc1ccccc1C#N)Cc1ccc(Cl)cc1.